The van der Waals surface area contributed by atoms with Crippen LogP contribution < -0.4 is 5.32 Å². The molecule has 2 rings (SSSR count). The van der Waals surface area contributed by atoms with Crippen molar-refractivity contribution in [3.05, 3.63) is 77.5 Å². The molecule has 0 aromatic heterocycles. The monoisotopic (exact) mass is 337 g/mol. The molecule has 0 aliphatic heterocycles. The Kier molecular flexibility index (Phi) is 7.75. The largest absolute Gasteiger partial charge is 0.382 e. The molecular formula is C23H31NO. The highest BCUT2D eigenvalue weighted by Gasteiger charge is 2.11. The van der Waals surface area contributed by atoms with E-state index in [1.54, 1.807) is 0 Å². The van der Waals surface area contributed by atoms with E-state index in [2.05, 4.69) is 62.1 Å². The summed E-state index contributed by atoms with van der Waals surface area (Å²) in [7, 11) is 0. The third-order valence-electron chi connectivity index (χ3n) is 4.49. The molecule has 0 spiro atoms. The van der Waals surface area contributed by atoms with Gasteiger partial charge in [0.25, 0.3) is 0 Å². The number of aliphatic hydroxyl groups is 1. The molecule has 0 aliphatic rings. The van der Waals surface area contributed by atoms with Gasteiger partial charge in [0, 0.05) is 11.4 Å². The fraction of sp³-hybridized carbons (Fsp3) is 0.391. The van der Waals surface area contributed by atoms with Crippen molar-refractivity contribution in [3.63, 3.8) is 0 Å². The van der Waals surface area contributed by atoms with Gasteiger partial charge in [-0.1, -0.05) is 76.1 Å². The summed E-state index contributed by atoms with van der Waals surface area (Å²) in [5.41, 5.74) is 5.09. The first-order chi connectivity index (χ1) is 12.1. The van der Waals surface area contributed by atoms with Crippen LogP contribution in [0, 0.1) is 0 Å². The highest BCUT2D eigenvalue weighted by Crippen LogP contribution is 2.23. The van der Waals surface area contributed by atoms with E-state index in [1.165, 1.54) is 30.4 Å². The molecule has 1 unspecified atom stereocenters. The Bertz CT molecular complexity index is 643. The third-order valence-corrected chi connectivity index (χ3v) is 4.49. The van der Waals surface area contributed by atoms with Crippen molar-refractivity contribution in [2.24, 2.45) is 0 Å². The second kappa shape index (κ2) is 10.0. The van der Waals surface area contributed by atoms with Gasteiger partial charge in [-0.3, -0.25) is 0 Å². The van der Waals surface area contributed by atoms with Gasteiger partial charge >= 0.3 is 0 Å². The van der Waals surface area contributed by atoms with Crippen LogP contribution in [-0.2, 0) is 12.8 Å². The summed E-state index contributed by atoms with van der Waals surface area (Å²) in [6.07, 6.45) is 6.38. The molecule has 25 heavy (non-hydrogen) atoms. The average Bonchev–Trinajstić information content (AvgIpc) is 2.63. The van der Waals surface area contributed by atoms with Gasteiger partial charge in [-0.2, -0.15) is 0 Å². The van der Waals surface area contributed by atoms with E-state index in [-0.39, 0.29) is 0 Å². The number of aliphatic hydroxyl groups excluding tert-OH is 1. The van der Waals surface area contributed by atoms with Crippen LogP contribution >= 0.6 is 0 Å². The lowest BCUT2D eigenvalue weighted by Crippen LogP contribution is -2.09. The van der Waals surface area contributed by atoms with Crippen LogP contribution in [0.15, 0.2) is 60.8 Å². The van der Waals surface area contributed by atoms with E-state index in [0.717, 1.165) is 30.5 Å². The van der Waals surface area contributed by atoms with Crippen LogP contribution in [0.5, 0.6) is 0 Å². The average molecular weight is 338 g/mol. The van der Waals surface area contributed by atoms with E-state index in [9.17, 15) is 5.11 Å². The predicted octanol–water partition coefficient (Wildman–Crippen LogP) is 6.03. The van der Waals surface area contributed by atoms with E-state index in [0.29, 0.717) is 5.70 Å². The molecular weight excluding hydrogens is 306 g/mol. The maximum absolute atomic E-state index is 10.5. The highest BCUT2D eigenvalue weighted by atomic mass is 16.3. The van der Waals surface area contributed by atoms with Gasteiger partial charge in [0.1, 0.15) is 6.10 Å². The van der Waals surface area contributed by atoms with Gasteiger partial charge in [-0.25, -0.2) is 0 Å². The first-order valence-electron chi connectivity index (χ1n) is 9.45. The van der Waals surface area contributed by atoms with Crippen molar-refractivity contribution >= 4 is 5.69 Å². The molecule has 0 saturated heterocycles. The Labute approximate surface area is 152 Å². The number of rotatable bonds is 10. The molecule has 2 aromatic rings. The molecule has 0 heterocycles. The molecule has 0 saturated carbocycles. The first-order valence-corrected chi connectivity index (χ1v) is 9.45. The summed E-state index contributed by atoms with van der Waals surface area (Å²) in [5.74, 6) is 0. The van der Waals surface area contributed by atoms with Crippen molar-refractivity contribution < 1.29 is 5.11 Å². The van der Waals surface area contributed by atoms with Crippen LogP contribution in [0.25, 0.3) is 0 Å². The van der Waals surface area contributed by atoms with Crippen molar-refractivity contribution in [2.75, 3.05) is 5.32 Å². The zero-order valence-corrected chi connectivity index (χ0v) is 15.6. The molecule has 0 aliphatic carbocycles. The smallest absolute Gasteiger partial charge is 0.118 e. The zero-order chi connectivity index (χ0) is 18.1. The van der Waals surface area contributed by atoms with E-state index >= 15 is 0 Å². The van der Waals surface area contributed by atoms with Gasteiger partial charge in [0.15, 0.2) is 0 Å². The highest BCUT2D eigenvalue weighted by molar-refractivity contribution is 5.50. The quantitative estimate of drug-likeness (QED) is 0.519. The lowest BCUT2D eigenvalue weighted by molar-refractivity contribution is 0.217. The molecule has 2 aromatic carbocycles. The zero-order valence-electron chi connectivity index (χ0n) is 15.6. The van der Waals surface area contributed by atoms with Crippen molar-refractivity contribution in [1.82, 2.24) is 0 Å². The van der Waals surface area contributed by atoms with Gasteiger partial charge < -0.3 is 10.4 Å². The summed E-state index contributed by atoms with van der Waals surface area (Å²) in [4.78, 5) is 0. The molecule has 0 amide bonds. The Morgan fingerprint density at radius 3 is 2.08 bits per heavy atom. The van der Waals surface area contributed by atoms with Crippen LogP contribution in [0.1, 0.15) is 62.3 Å². The topological polar surface area (TPSA) is 32.3 Å². The van der Waals surface area contributed by atoms with Crippen molar-refractivity contribution in [3.8, 4) is 0 Å². The minimum atomic E-state index is -0.708. The summed E-state index contributed by atoms with van der Waals surface area (Å²) < 4.78 is 0. The molecule has 2 heteroatoms. The predicted molar refractivity (Wildman–Crippen MR) is 108 cm³/mol. The first kappa shape index (κ1) is 19.3. The lowest BCUT2D eigenvalue weighted by atomic mass is 10.0. The summed E-state index contributed by atoms with van der Waals surface area (Å²) >= 11 is 0. The molecule has 2 N–H and O–H groups in total. The van der Waals surface area contributed by atoms with E-state index in [1.807, 2.05) is 12.1 Å². The Hall–Kier alpha value is -2.06. The Balaban J connectivity index is 1.91. The molecule has 134 valence electrons. The third kappa shape index (κ3) is 6.06. The molecule has 2 nitrogen and oxygen atoms in total. The molecule has 1 atom stereocenters. The Morgan fingerprint density at radius 1 is 0.880 bits per heavy atom. The van der Waals surface area contributed by atoms with Gasteiger partial charge in [0.05, 0.1) is 0 Å². The van der Waals surface area contributed by atoms with Gasteiger partial charge in [-0.05, 0) is 48.1 Å². The molecule has 0 radical (unpaired) electrons. The number of aryl methyl sites for hydroxylation is 2. The lowest BCUT2D eigenvalue weighted by Gasteiger charge is -2.17. The summed E-state index contributed by atoms with van der Waals surface area (Å²) in [6, 6.07) is 16.6. The molecule has 0 bridgehead atoms. The standard InChI is InChI=1S/C23H31NO/c1-4-6-7-9-20-12-16-22(17-13-20)24-18(3)23(25)21-14-10-19(8-5-2)11-15-21/h10-17,23-25H,3-9H2,1-2H3. The number of hydrogen-bond acceptors (Lipinski definition) is 2. The number of anilines is 1. The van der Waals surface area contributed by atoms with Gasteiger partial charge in [-0.15, -0.1) is 0 Å². The minimum Gasteiger partial charge on any atom is -0.382 e. The fourth-order valence-corrected chi connectivity index (χ4v) is 2.94. The number of benzene rings is 2. The SMILES string of the molecule is C=C(Nc1ccc(CCCCC)cc1)C(O)c1ccc(CCC)cc1. The second-order valence-corrected chi connectivity index (χ2v) is 6.70. The number of hydrogen-bond donors (Lipinski definition) is 2. The number of unbranched alkanes of at least 4 members (excludes halogenated alkanes) is 2. The fourth-order valence-electron chi connectivity index (χ4n) is 2.94. The van der Waals surface area contributed by atoms with Crippen LogP contribution in [0.2, 0.25) is 0 Å². The maximum atomic E-state index is 10.5. The maximum Gasteiger partial charge on any atom is 0.118 e. The number of nitrogens with one attached hydrogen (secondary N) is 1. The molecule has 0 fully saturated rings. The minimum absolute atomic E-state index is 0.599. The second-order valence-electron chi connectivity index (χ2n) is 6.70. The summed E-state index contributed by atoms with van der Waals surface area (Å²) in [5, 5.41) is 13.7. The van der Waals surface area contributed by atoms with Crippen molar-refractivity contribution in [1.29, 1.82) is 0 Å². The summed E-state index contributed by atoms with van der Waals surface area (Å²) in [6.45, 7) is 8.40. The van der Waals surface area contributed by atoms with Crippen LogP contribution in [0.4, 0.5) is 5.69 Å². The van der Waals surface area contributed by atoms with E-state index < -0.39 is 6.10 Å². The van der Waals surface area contributed by atoms with E-state index in [4.69, 9.17) is 0 Å². The van der Waals surface area contributed by atoms with Crippen LogP contribution in [0.3, 0.4) is 0 Å². The Morgan fingerprint density at radius 2 is 1.48 bits per heavy atom. The normalized spacial score (nSPS) is 12.0. The van der Waals surface area contributed by atoms with Crippen LogP contribution in [-0.4, -0.2) is 5.11 Å². The van der Waals surface area contributed by atoms with Gasteiger partial charge in [0.2, 0.25) is 0 Å². The van der Waals surface area contributed by atoms with Crippen molar-refractivity contribution in [2.45, 2.75) is 58.5 Å².